The third kappa shape index (κ3) is 3.46. The van der Waals surface area contributed by atoms with Gasteiger partial charge in [0.15, 0.2) is 0 Å². The van der Waals surface area contributed by atoms with Gasteiger partial charge in [0.25, 0.3) is 0 Å². The van der Waals surface area contributed by atoms with Gasteiger partial charge >= 0.3 is 0 Å². The Balaban J connectivity index is 1.56. The van der Waals surface area contributed by atoms with Crippen LogP contribution in [0.5, 0.6) is 0 Å². The van der Waals surface area contributed by atoms with Crippen molar-refractivity contribution >= 4 is 11.6 Å². The number of hydrogen-bond donors (Lipinski definition) is 1. The van der Waals surface area contributed by atoms with Gasteiger partial charge in [0.2, 0.25) is 0 Å². The Morgan fingerprint density at radius 1 is 1.38 bits per heavy atom. The highest BCUT2D eigenvalue weighted by molar-refractivity contribution is 6.30. The average molecular weight is 306 g/mol. The molecule has 112 valence electrons. The lowest BCUT2D eigenvalue weighted by atomic mass is 10.0. The van der Waals surface area contributed by atoms with Gasteiger partial charge in [-0.15, -0.1) is 0 Å². The molecule has 4 nitrogen and oxygen atoms in total. The number of aryl methyl sites for hydroxylation is 2. The van der Waals surface area contributed by atoms with Crippen molar-refractivity contribution in [1.29, 1.82) is 0 Å². The highest BCUT2D eigenvalue weighted by atomic mass is 35.5. The average Bonchev–Trinajstić information content (AvgIpc) is 2.82. The Kier molecular flexibility index (Phi) is 4.29. The second-order valence-electron chi connectivity index (χ2n) is 5.59. The van der Waals surface area contributed by atoms with E-state index in [2.05, 4.69) is 35.5 Å². The lowest BCUT2D eigenvalue weighted by Crippen LogP contribution is -2.44. The summed E-state index contributed by atoms with van der Waals surface area (Å²) in [5.74, 6) is 0. The van der Waals surface area contributed by atoms with Gasteiger partial charge in [-0.05, 0) is 37.1 Å². The van der Waals surface area contributed by atoms with Crippen LogP contribution in [0.3, 0.4) is 0 Å². The van der Waals surface area contributed by atoms with Gasteiger partial charge in [0.05, 0.1) is 12.3 Å². The first-order valence-electron chi connectivity index (χ1n) is 7.22. The Morgan fingerprint density at radius 3 is 2.71 bits per heavy atom. The minimum atomic E-state index is 0.0476. The molecule has 0 saturated carbocycles. The van der Waals surface area contributed by atoms with Crippen molar-refractivity contribution in [3.63, 3.8) is 0 Å². The van der Waals surface area contributed by atoms with Crippen LogP contribution in [0.15, 0.2) is 30.3 Å². The molecule has 0 spiro atoms. The van der Waals surface area contributed by atoms with Crippen molar-refractivity contribution in [2.45, 2.75) is 25.5 Å². The molecule has 1 aromatic carbocycles. The van der Waals surface area contributed by atoms with E-state index in [1.54, 1.807) is 0 Å². The molecule has 2 heterocycles. The first-order valence-corrected chi connectivity index (χ1v) is 7.59. The number of halogens is 1. The van der Waals surface area contributed by atoms with Crippen LogP contribution in [0.2, 0.25) is 5.02 Å². The number of benzene rings is 1. The molecular weight excluding hydrogens is 286 g/mol. The van der Waals surface area contributed by atoms with Crippen LogP contribution in [0.1, 0.15) is 23.1 Å². The maximum absolute atomic E-state index is 5.98. The van der Waals surface area contributed by atoms with E-state index in [4.69, 9.17) is 16.3 Å². The highest BCUT2D eigenvalue weighted by Crippen LogP contribution is 2.21. The summed E-state index contributed by atoms with van der Waals surface area (Å²) in [7, 11) is 1.96. The number of nitrogens with zero attached hydrogens (tertiary/aromatic N) is 2. The zero-order valence-corrected chi connectivity index (χ0v) is 13.1. The second kappa shape index (κ2) is 6.18. The van der Waals surface area contributed by atoms with Crippen LogP contribution in [0, 0.1) is 6.92 Å². The molecule has 3 rings (SSSR count). The highest BCUT2D eigenvalue weighted by Gasteiger charge is 2.24. The van der Waals surface area contributed by atoms with E-state index >= 15 is 0 Å². The fourth-order valence-corrected chi connectivity index (χ4v) is 2.72. The summed E-state index contributed by atoms with van der Waals surface area (Å²) in [6, 6.07) is 10.4. The topological polar surface area (TPSA) is 39.1 Å². The van der Waals surface area contributed by atoms with Crippen LogP contribution < -0.4 is 5.32 Å². The number of aromatic nitrogens is 2. The van der Waals surface area contributed by atoms with Gasteiger partial charge in [0, 0.05) is 30.4 Å². The smallest absolute Gasteiger partial charge is 0.114 e. The van der Waals surface area contributed by atoms with Gasteiger partial charge in [-0.3, -0.25) is 4.68 Å². The van der Waals surface area contributed by atoms with Gasteiger partial charge < -0.3 is 10.1 Å². The molecule has 1 fully saturated rings. The molecule has 2 unspecified atom stereocenters. The van der Waals surface area contributed by atoms with Crippen LogP contribution in [0.4, 0.5) is 0 Å². The fraction of sp³-hybridized carbons (Fsp3) is 0.438. The molecule has 1 saturated heterocycles. The molecule has 0 aliphatic carbocycles. The third-order valence-electron chi connectivity index (χ3n) is 3.95. The predicted molar refractivity (Wildman–Crippen MR) is 83.6 cm³/mol. The number of morpholine rings is 1. The third-order valence-corrected chi connectivity index (χ3v) is 4.20. The van der Waals surface area contributed by atoms with Crippen LogP contribution in [-0.4, -0.2) is 29.0 Å². The number of nitrogens with one attached hydrogen (secondary N) is 1. The SMILES string of the molecule is Cc1cc(C2CNC(Cc3ccc(Cl)cc3)CO2)nn1C. The van der Waals surface area contributed by atoms with Crippen molar-refractivity contribution in [3.8, 4) is 0 Å². The molecule has 1 aliphatic heterocycles. The van der Waals surface area contributed by atoms with E-state index < -0.39 is 0 Å². The van der Waals surface area contributed by atoms with Crippen molar-refractivity contribution in [1.82, 2.24) is 15.1 Å². The number of rotatable bonds is 3. The number of hydrogen-bond acceptors (Lipinski definition) is 3. The summed E-state index contributed by atoms with van der Waals surface area (Å²) in [4.78, 5) is 0. The Labute approximate surface area is 130 Å². The number of ether oxygens (including phenoxy) is 1. The van der Waals surface area contributed by atoms with Gasteiger partial charge in [-0.2, -0.15) is 5.10 Å². The maximum Gasteiger partial charge on any atom is 0.114 e. The zero-order chi connectivity index (χ0) is 14.8. The largest absolute Gasteiger partial charge is 0.369 e. The van der Waals surface area contributed by atoms with Crippen LogP contribution in [0.25, 0.3) is 0 Å². The van der Waals surface area contributed by atoms with Gasteiger partial charge in [-0.25, -0.2) is 0 Å². The molecule has 1 N–H and O–H groups in total. The molecule has 2 aromatic rings. The van der Waals surface area contributed by atoms with Crippen molar-refractivity contribution in [3.05, 3.63) is 52.3 Å². The quantitative estimate of drug-likeness (QED) is 0.947. The van der Waals surface area contributed by atoms with Gasteiger partial charge in [-0.1, -0.05) is 23.7 Å². The van der Waals surface area contributed by atoms with Crippen molar-refractivity contribution in [2.75, 3.05) is 13.2 Å². The van der Waals surface area contributed by atoms with E-state index in [-0.39, 0.29) is 6.10 Å². The lowest BCUT2D eigenvalue weighted by molar-refractivity contribution is 0.000437. The summed E-state index contributed by atoms with van der Waals surface area (Å²) in [5.41, 5.74) is 3.43. The predicted octanol–water partition coefficient (Wildman–Crippen LogP) is 2.65. The van der Waals surface area contributed by atoms with E-state index in [1.165, 1.54) is 5.56 Å². The molecule has 2 atom stereocenters. The van der Waals surface area contributed by atoms with E-state index in [9.17, 15) is 0 Å². The first kappa shape index (κ1) is 14.6. The molecule has 1 aromatic heterocycles. The molecule has 1 aliphatic rings. The Hall–Kier alpha value is -1.36. The van der Waals surface area contributed by atoms with Crippen LogP contribution in [-0.2, 0) is 18.2 Å². The molecule has 21 heavy (non-hydrogen) atoms. The van der Waals surface area contributed by atoms with E-state index in [0.29, 0.717) is 12.6 Å². The van der Waals surface area contributed by atoms with Crippen molar-refractivity contribution in [2.24, 2.45) is 7.05 Å². The Bertz CT molecular complexity index is 581. The fourth-order valence-electron chi connectivity index (χ4n) is 2.60. The standard InChI is InChI=1S/C16H20ClN3O/c1-11-7-15(19-20(11)2)16-9-18-14(10-21-16)8-12-3-5-13(17)6-4-12/h3-7,14,16,18H,8-10H2,1-2H3. The summed E-state index contributed by atoms with van der Waals surface area (Å²) >= 11 is 5.91. The van der Waals surface area contributed by atoms with E-state index in [0.717, 1.165) is 29.4 Å². The van der Waals surface area contributed by atoms with Gasteiger partial charge in [0.1, 0.15) is 6.10 Å². The summed E-state index contributed by atoms with van der Waals surface area (Å²) in [5, 5.41) is 8.82. The normalized spacial score (nSPS) is 22.4. The maximum atomic E-state index is 5.98. The molecule has 0 bridgehead atoms. The summed E-state index contributed by atoms with van der Waals surface area (Å²) < 4.78 is 7.86. The molecular formula is C16H20ClN3O. The lowest BCUT2D eigenvalue weighted by Gasteiger charge is -2.29. The zero-order valence-electron chi connectivity index (χ0n) is 12.3. The van der Waals surface area contributed by atoms with E-state index in [1.807, 2.05) is 23.9 Å². The summed E-state index contributed by atoms with van der Waals surface area (Å²) in [6.07, 6.45) is 0.997. The van der Waals surface area contributed by atoms with Crippen molar-refractivity contribution < 1.29 is 4.74 Å². The Morgan fingerprint density at radius 2 is 2.14 bits per heavy atom. The molecule has 0 radical (unpaired) electrons. The molecule has 0 amide bonds. The second-order valence-corrected chi connectivity index (χ2v) is 6.03. The minimum Gasteiger partial charge on any atom is -0.369 e. The first-order chi connectivity index (χ1) is 10.1. The summed E-state index contributed by atoms with van der Waals surface area (Å²) in [6.45, 7) is 3.55. The minimum absolute atomic E-state index is 0.0476. The van der Waals surface area contributed by atoms with Crippen LogP contribution >= 0.6 is 11.6 Å². The monoisotopic (exact) mass is 305 g/mol. The molecule has 5 heteroatoms.